The first kappa shape index (κ1) is 17.9. The molecular formula is C20H14BrN5O2. The van der Waals surface area contributed by atoms with Crippen LogP contribution in [0.25, 0.3) is 22.0 Å². The lowest BCUT2D eigenvalue weighted by Crippen LogP contribution is -2.01. The van der Waals surface area contributed by atoms with Gasteiger partial charge >= 0.3 is 0 Å². The van der Waals surface area contributed by atoms with Crippen molar-refractivity contribution in [2.24, 2.45) is 0 Å². The number of nitrogens with zero attached hydrogens (tertiary/aromatic N) is 3. The minimum atomic E-state index is -0.408. The Labute approximate surface area is 168 Å². The van der Waals surface area contributed by atoms with Crippen LogP contribution in [0.3, 0.4) is 0 Å². The number of hydrogen-bond donors (Lipinski definition) is 2. The molecule has 1 heterocycles. The molecule has 4 aromatic rings. The zero-order valence-corrected chi connectivity index (χ0v) is 16.1. The van der Waals surface area contributed by atoms with Gasteiger partial charge < -0.3 is 11.1 Å². The molecule has 1 aromatic heterocycles. The van der Waals surface area contributed by atoms with Crippen molar-refractivity contribution in [3.8, 4) is 11.1 Å². The van der Waals surface area contributed by atoms with E-state index in [1.807, 2.05) is 48.5 Å². The molecule has 3 aromatic carbocycles. The molecule has 0 spiro atoms. The van der Waals surface area contributed by atoms with Crippen molar-refractivity contribution >= 4 is 50.0 Å². The van der Waals surface area contributed by atoms with Gasteiger partial charge in [-0.3, -0.25) is 10.1 Å². The van der Waals surface area contributed by atoms with Crippen LogP contribution in [-0.4, -0.2) is 14.9 Å². The summed E-state index contributed by atoms with van der Waals surface area (Å²) in [6.45, 7) is 0. The number of rotatable bonds is 4. The Bertz CT molecular complexity index is 1210. The van der Waals surface area contributed by atoms with Crippen molar-refractivity contribution < 1.29 is 4.92 Å². The van der Waals surface area contributed by atoms with Crippen LogP contribution in [0.1, 0.15) is 0 Å². The second-order valence-corrected chi connectivity index (χ2v) is 7.02. The number of hydrogen-bond acceptors (Lipinski definition) is 6. The van der Waals surface area contributed by atoms with Gasteiger partial charge in [-0.25, -0.2) is 4.98 Å². The van der Waals surface area contributed by atoms with Crippen LogP contribution in [-0.2, 0) is 0 Å². The fourth-order valence-electron chi connectivity index (χ4n) is 2.92. The summed E-state index contributed by atoms with van der Waals surface area (Å²) in [5, 5.41) is 15.1. The van der Waals surface area contributed by atoms with Gasteiger partial charge in [0.2, 0.25) is 5.95 Å². The predicted octanol–water partition coefficient (Wildman–Crippen LogP) is 5.29. The summed E-state index contributed by atoms with van der Waals surface area (Å²) in [5.74, 6) is 0.723. The molecule has 0 radical (unpaired) electrons. The van der Waals surface area contributed by atoms with Gasteiger partial charge in [0.1, 0.15) is 5.82 Å². The van der Waals surface area contributed by atoms with Gasteiger partial charge in [-0.15, -0.1) is 0 Å². The summed E-state index contributed by atoms with van der Waals surface area (Å²) in [6.07, 6.45) is 0. The average molecular weight is 436 g/mol. The van der Waals surface area contributed by atoms with Gasteiger partial charge in [0.25, 0.3) is 5.69 Å². The van der Waals surface area contributed by atoms with Crippen LogP contribution >= 0.6 is 15.9 Å². The highest BCUT2D eigenvalue weighted by atomic mass is 79.9. The van der Waals surface area contributed by atoms with Crippen molar-refractivity contribution in [3.63, 3.8) is 0 Å². The second kappa shape index (κ2) is 7.24. The van der Waals surface area contributed by atoms with E-state index in [1.165, 1.54) is 6.07 Å². The number of fused-ring (bicyclic) bond motifs is 1. The van der Waals surface area contributed by atoms with E-state index < -0.39 is 4.92 Å². The third-order valence-electron chi connectivity index (χ3n) is 4.19. The Morgan fingerprint density at radius 3 is 2.54 bits per heavy atom. The Kier molecular flexibility index (Phi) is 4.62. The largest absolute Gasteiger partial charge is 0.368 e. The molecule has 0 fully saturated rings. The Morgan fingerprint density at radius 1 is 0.964 bits per heavy atom. The van der Waals surface area contributed by atoms with E-state index in [0.717, 1.165) is 26.7 Å². The van der Waals surface area contributed by atoms with Crippen LogP contribution in [0, 0.1) is 10.1 Å². The molecular weight excluding hydrogens is 422 g/mol. The van der Waals surface area contributed by atoms with Gasteiger partial charge in [0.05, 0.1) is 10.4 Å². The zero-order valence-electron chi connectivity index (χ0n) is 14.5. The molecule has 138 valence electrons. The van der Waals surface area contributed by atoms with E-state index in [-0.39, 0.29) is 11.6 Å². The second-order valence-electron chi connectivity index (χ2n) is 6.11. The monoisotopic (exact) mass is 435 g/mol. The fraction of sp³-hybridized carbons (Fsp3) is 0. The molecule has 0 unspecified atom stereocenters. The van der Waals surface area contributed by atoms with E-state index >= 15 is 0 Å². The summed E-state index contributed by atoms with van der Waals surface area (Å²) in [4.78, 5) is 19.3. The van der Waals surface area contributed by atoms with Gasteiger partial charge in [0.15, 0.2) is 0 Å². The number of nitrogens with one attached hydrogen (secondary N) is 1. The number of nitrogens with two attached hydrogens (primary N) is 1. The van der Waals surface area contributed by atoms with Crippen molar-refractivity contribution in [3.05, 3.63) is 81.3 Å². The van der Waals surface area contributed by atoms with Crippen LogP contribution in [0.15, 0.2) is 71.2 Å². The van der Waals surface area contributed by atoms with Crippen LogP contribution in [0.2, 0.25) is 0 Å². The minimum Gasteiger partial charge on any atom is -0.368 e. The minimum absolute atomic E-state index is 0.0404. The van der Waals surface area contributed by atoms with Crippen molar-refractivity contribution in [2.75, 3.05) is 11.1 Å². The number of halogens is 1. The fourth-order valence-corrected chi connectivity index (χ4v) is 3.32. The lowest BCUT2D eigenvalue weighted by Gasteiger charge is -2.11. The van der Waals surface area contributed by atoms with E-state index in [2.05, 4.69) is 31.2 Å². The standard InChI is InChI=1S/C20H14BrN5O2/c21-14-4-2-5-15(11-14)23-19-17-10-13(7-8-18(17)24-20(22)25-19)12-3-1-6-16(9-12)26(27)28/h1-11H,(H3,22,23,24,25). The van der Waals surface area contributed by atoms with Crippen molar-refractivity contribution in [1.82, 2.24) is 9.97 Å². The van der Waals surface area contributed by atoms with Crippen LogP contribution < -0.4 is 11.1 Å². The number of nitro groups is 1. The molecule has 0 atom stereocenters. The van der Waals surface area contributed by atoms with E-state index in [9.17, 15) is 10.1 Å². The first-order chi connectivity index (χ1) is 13.5. The molecule has 0 aliphatic carbocycles. The molecule has 28 heavy (non-hydrogen) atoms. The Morgan fingerprint density at radius 2 is 1.75 bits per heavy atom. The van der Waals surface area contributed by atoms with Gasteiger partial charge in [0, 0.05) is 27.7 Å². The first-order valence-electron chi connectivity index (χ1n) is 8.34. The quantitative estimate of drug-likeness (QED) is 0.332. The number of aromatic nitrogens is 2. The lowest BCUT2D eigenvalue weighted by atomic mass is 10.0. The van der Waals surface area contributed by atoms with Gasteiger partial charge in [-0.1, -0.05) is 40.2 Å². The molecule has 0 bridgehead atoms. The summed E-state index contributed by atoms with van der Waals surface area (Å²) in [7, 11) is 0. The maximum absolute atomic E-state index is 11.1. The molecule has 0 amide bonds. The predicted molar refractivity (Wildman–Crippen MR) is 113 cm³/mol. The van der Waals surface area contributed by atoms with Crippen molar-refractivity contribution in [2.45, 2.75) is 0 Å². The zero-order chi connectivity index (χ0) is 19.7. The third kappa shape index (κ3) is 3.63. The highest BCUT2D eigenvalue weighted by molar-refractivity contribution is 9.10. The van der Waals surface area contributed by atoms with Crippen LogP contribution in [0.4, 0.5) is 23.1 Å². The highest BCUT2D eigenvalue weighted by Crippen LogP contribution is 2.31. The van der Waals surface area contributed by atoms with E-state index in [4.69, 9.17) is 5.73 Å². The average Bonchev–Trinajstić information content (AvgIpc) is 2.68. The SMILES string of the molecule is Nc1nc(Nc2cccc(Br)c2)c2cc(-c3cccc([N+](=O)[O-])c3)ccc2n1. The van der Waals surface area contributed by atoms with Gasteiger partial charge in [-0.2, -0.15) is 4.98 Å². The smallest absolute Gasteiger partial charge is 0.270 e. The number of benzene rings is 3. The highest BCUT2D eigenvalue weighted by Gasteiger charge is 2.11. The Hall–Kier alpha value is -3.52. The maximum atomic E-state index is 11.1. The first-order valence-corrected chi connectivity index (χ1v) is 9.13. The lowest BCUT2D eigenvalue weighted by molar-refractivity contribution is -0.384. The van der Waals surface area contributed by atoms with Gasteiger partial charge in [-0.05, 0) is 41.5 Å². The molecule has 3 N–H and O–H groups in total. The topological polar surface area (TPSA) is 107 Å². The maximum Gasteiger partial charge on any atom is 0.270 e. The molecule has 4 rings (SSSR count). The number of anilines is 3. The Balaban J connectivity index is 1.83. The van der Waals surface area contributed by atoms with Crippen LogP contribution in [0.5, 0.6) is 0 Å². The summed E-state index contributed by atoms with van der Waals surface area (Å²) < 4.78 is 0.932. The molecule has 7 nitrogen and oxygen atoms in total. The molecule has 8 heteroatoms. The van der Waals surface area contributed by atoms with Crippen molar-refractivity contribution in [1.29, 1.82) is 0 Å². The normalized spacial score (nSPS) is 10.8. The molecule has 0 aliphatic rings. The summed E-state index contributed by atoms with van der Waals surface area (Å²) in [5.41, 5.74) is 8.98. The molecule has 0 aliphatic heterocycles. The molecule has 0 saturated carbocycles. The number of nitrogen functional groups attached to an aromatic ring is 1. The molecule has 0 saturated heterocycles. The number of non-ortho nitro benzene ring substituents is 1. The number of nitro benzene ring substituents is 1. The summed E-state index contributed by atoms with van der Waals surface area (Å²) in [6, 6.07) is 19.8. The van der Waals surface area contributed by atoms with E-state index in [0.29, 0.717) is 11.3 Å². The summed E-state index contributed by atoms with van der Waals surface area (Å²) >= 11 is 3.45. The van der Waals surface area contributed by atoms with E-state index in [1.54, 1.807) is 12.1 Å². The third-order valence-corrected chi connectivity index (χ3v) is 4.68.